The Morgan fingerprint density at radius 2 is 2.12 bits per heavy atom. The first-order chi connectivity index (χ1) is 11.6. The lowest BCUT2D eigenvalue weighted by molar-refractivity contribution is -0.136. The van der Waals surface area contributed by atoms with Crippen molar-refractivity contribution in [2.24, 2.45) is 11.8 Å². The van der Waals surface area contributed by atoms with E-state index in [1.165, 1.54) is 0 Å². The van der Waals surface area contributed by atoms with Crippen LogP contribution >= 0.6 is 0 Å². The number of hydrogen-bond acceptors (Lipinski definition) is 3. The summed E-state index contributed by atoms with van der Waals surface area (Å²) >= 11 is 0. The van der Waals surface area contributed by atoms with E-state index in [4.69, 9.17) is 4.74 Å². The second-order valence-electron chi connectivity index (χ2n) is 6.80. The molecule has 1 aliphatic rings. The molecule has 0 aliphatic carbocycles. The number of hydrogen-bond donors (Lipinski definition) is 1. The number of rotatable bonds is 6. The van der Waals surface area contributed by atoms with Crippen LogP contribution in [0.25, 0.3) is 11.0 Å². The Balaban J connectivity index is 1.47. The van der Waals surface area contributed by atoms with Gasteiger partial charge < -0.3 is 14.6 Å². The van der Waals surface area contributed by atoms with E-state index in [0.717, 1.165) is 62.3 Å². The highest BCUT2D eigenvalue weighted by Crippen LogP contribution is 2.25. The van der Waals surface area contributed by atoms with E-state index in [1.54, 1.807) is 0 Å². The fraction of sp³-hybridized carbons (Fsp3) is 0.579. The highest BCUT2D eigenvalue weighted by molar-refractivity contribution is 5.78. The fourth-order valence-corrected chi connectivity index (χ4v) is 3.48. The Labute approximate surface area is 143 Å². The van der Waals surface area contributed by atoms with Crippen molar-refractivity contribution < 1.29 is 9.53 Å². The number of carbonyl (C=O) groups is 1. The standard InChI is InChI=1S/C19H27N3O2/c1-14(15-9-12-24-13-10-15)19(23)22(2)11-5-8-18-20-16-6-3-4-7-17(16)21-18/h3-4,6-7,14-15H,5,8-13H2,1-2H3,(H,20,21)/t14-/m0/s1. The number of para-hydroxylation sites is 2. The lowest BCUT2D eigenvalue weighted by Gasteiger charge is -2.30. The second-order valence-corrected chi connectivity index (χ2v) is 6.80. The van der Waals surface area contributed by atoms with E-state index in [2.05, 4.69) is 16.9 Å². The van der Waals surface area contributed by atoms with Gasteiger partial charge in [0.2, 0.25) is 5.91 Å². The Bertz CT molecular complexity index is 643. The third kappa shape index (κ3) is 3.96. The predicted molar refractivity (Wildman–Crippen MR) is 94.8 cm³/mol. The maximum atomic E-state index is 12.6. The first-order valence-electron chi connectivity index (χ1n) is 8.91. The molecule has 1 saturated heterocycles. The number of nitrogens with one attached hydrogen (secondary N) is 1. The number of fused-ring (bicyclic) bond motifs is 1. The molecule has 0 unspecified atom stereocenters. The molecule has 24 heavy (non-hydrogen) atoms. The van der Waals surface area contributed by atoms with Gasteiger partial charge in [0.05, 0.1) is 11.0 Å². The number of aromatic amines is 1. The zero-order valence-electron chi connectivity index (χ0n) is 14.6. The molecular formula is C19H27N3O2. The highest BCUT2D eigenvalue weighted by Gasteiger charge is 2.27. The monoisotopic (exact) mass is 329 g/mol. The van der Waals surface area contributed by atoms with Gasteiger partial charge in [0.1, 0.15) is 5.82 Å². The molecule has 2 aromatic rings. The molecule has 5 nitrogen and oxygen atoms in total. The number of H-pyrrole nitrogens is 1. The number of aromatic nitrogens is 2. The van der Waals surface area contributed by atoms with Gasteiger partial charge in [-0.2, -0.15) is 0 Å². The van der Waals surface area contributed by atoms with E-state index >= 15 is 0 Å². The van der Waals surface area contributed by atoms with Crippen molar-refractivity contribution in [2.45, 2.75) is 32.6 Å². The van der Waals surface area contributed by atoms with Gasteiger partial charge >= 0.3 is 0 Å². The van der Waals surface area contributed by atoms with Gasteiger partial charge in [-0.3, -0.25) is 4.79 Å². The summed E-state index contributed by atoms with van der Waals surface area (Å²) in [5.74, 6) is 1.80. The van der Waals surface area contributed by atoms with Crippen LogP contribution in [-0.4, -0.2) is 47.6 Å². The molecule has 5 heteroatoms. The summed E-state index contributed by atoms with van der Waals surface area (Å²) in [6.07, 6.45) is 3.78. The van der Waals surface area contributed by atoms with Gasteiger partial charge in [0.15, 0.2) is 0 Å². The van der Waals surface area contributed by atoms with Crippen molar-refractivity contribution in [2.75, 3.05) is 26.8 Å². The third-order valence-corrected chi connectivity index (χ3v) is 5.08. The molecule has 1 aromatic carbocycles. The molecule has 0 radical (unpaired) electrons. The van der Waals surface area contributed by atoms with Gasteiger partial charge in [0, 0.05) is 39.1 Å². The molecule has 130 valence electrons. The average molecular weight is 329 g/mol. The molecule has 1 atom stereocenters. The van der Waals surface area contributed by atoms with Crippen molar-refractivity contribution in [1.29, 1.82) is 0 Å². The van der Waals surface area contributed by atoms with Gasteiger partial charge in [0.25, 0.3) is 0 Å². The van der Waals surface area contributed by atoms with Crippen molar-refractivity contribution in [3.8, 4) is 0 Å². The lowest BCUT2D eigenvalue weighted by Crippen LogP contribution is -2.37. The van der Waals surface area contributed by atoms with Crippen LogP contribution in [0.5, 0.6) is 0 Å². The Hall–Kier alpha value is -1.88. The molecule has 0 bridgehead atoms. The minimum Gasteiger partial charge on any atom is -0.381 e. The number of amides is 1. The number of nitrogens with zero attached hydrogens (tertiary/aromatic N) is 2. The van der Waals surface area contributed by atoms with Crippen molar-refractivity contribution in [3.63, 3.8) is 0 Å². The van der Waals surface area contributed by atoms with Crippen molar-refractivity contribution >= 4 is 16.9 Å². The first-order valence-corrected chi connectivity index (χ1v) is 8.91. The molecule has 3 rings (SSSR count). The minimum atomic E-state index is 0.0881. The molecule has 2 heterocycles. The van der Waals surface area contributed by atoms with Crippen LogP contribution in [0.3, 0.4) is 0 Å². The number of imidazole rings is 1. The van der Waals surface area contributed by atoms with E-state index in [9.17, 15) is 4.79 Å². The van der Waals surface area contributed by atoms with Crippen LogP contribution in [0.2, 0.25) is 0 Å². The SMILES string of the molecule is C[C@H](C(=O)N(C)CCCc1nc2ccccc2[nH]1)C1CCOCC1. The minimum absolute atomic E-state index is 0.0881. The third-order valence-electron chi connectivity index (χ3n) is 5.08. The average Bonchev–Trinajstić information content (AvgIpc) is 3.03. The molecule has 0 saturated carbocycles. The van der Waals surface area contributed by atoms with Crippen molar-refractivity contribution in [1.82, 2.24) is 14.9 Å². The summed E-state index contributed by atoms with van der Waals surface area (Å²) in [7, 11) is 1.91. The fourth-order valence-electron chi connectivity index (χ4n) is 3.48. The molecule has 1 fully saturated rings. The summed E-state index contributed by atoms with van der Waals surface area (Å²) in [4.78, 5) is 22.4. The number of ether oxygens (including phenoxy) is 1. The summed E-state index contributed by atoms with van der Waals surface area (Å²) in [6, 6.07) is 8.06. The van der Waals surface area contributed by atoms with Gasteiger partial charge in [-0.1, -0.05) is 19.1 Å². The number of carbonyl (C=O) groups excluding carboxylic acids is 1. The maximum Gasteiger partial charge on any atom is 0.225 e. The normalized spacial score (nSPS) is 17.1. The Kier molecular flexibility index (Phi) is 5.51. The van der Waals surface area contributed by atoms with Crippen LogP contribution in [-0.2, 0) is 16.0 Å². The largest absolute Gasteiger partial charge is 0.381 e. The summed E-state index contributed by atoms with van der Waals surface area (Å²) < 4.78 is 5.39. The van der Waals surface area contributed by atoms with Crippen LogP contribution in [0.15, 0.2) is 24.3 Å². The molecular weight excluding hydrogens is 302 g/mol. The van der Waals surface area contributed by atoms with Gasteiger partial charge in [-0.25, -0.2) is 4.98 Å². The maximum absolute atomic E-state index is 12.6. The summed E-state index contributed by atoms with van der Waals surface area (Å²) in [6.45, 7) is 4.41. The van der Waals surface area contributed by atoms with Crippen LogP contribution in [0.4, 0.5) is 0 Å². The van der Waals surface area contributed by atoms with Crippen LogP contribution < -0.4 is 0 Å². The molecule has 1 amide bonds. The van der Waals surface area contributed by atoms with E-state index < -0.39 is 0 Å². The van der Waals surface area contributed by atoms with Gasteiger partial charge in [-0.05, 0) is 37.3 Å². The molecule has 1 N–H and O–H groups in total. The summed E-state index contributed by atoms with van der Waals surface area (Å²) in [5, 5.41) is 0. The zero-order chi connectivity index (χ0) is 16.9. The smallest absolute Gasteiger partial charge is 0.225 e. The lowest BCUT2D eigenvalue weighted by atomic mass is 9.86. The topological polar surface area (TPSA) is 58.2 Å². The number of benzene rings is 1. The van der Waals surface area contributed by atoms with Gasteiger partial charge in [-0.15, -0.1) is 0 Å². The second kappa shape index (κ2) is 7.79. The molecule has 0 spiro atoms. The molecule has 1 aliphatic heterocycles. The first kappa shape index (κ1) is 17.0. The molecule has 1 aromatic heterocycles. The Morgan fingerprint density at radius 1 is 1.38 bits per heavy atom. The Morgan fingerprint density at radius 3 is 2.88 bits per heavy atom. The van der Waals surface area contributed by atoms with Crippen LogP contribution in [0, 0.1) is 11.8 Å². The quantitative estimate of drug-likeness (QED) is 0.886. The zero-order valence-corrected chi connectivity index (χ0v) is 14.6. The highest BCUT2D eigenvalue weighted by atomic mass is 16.5. The van der Waals surface area contributed by atoms with E-state index in [1.807, 2.05) is 36.2 Å². The number of aryl methyl sites for hydroxylation is 1. The van der Waals surface area contributed by atoms with E-state index in [0.29, 0.717) is 5.92 Å². The van der Waals surface area contributed by atoms with E-state index in [-0.39, 0.29) is 11.8 Å². The van der Waals surface area contributed by atoms with Crippen molar-refractivity contribution in [3.05, 3.63) is 30.1 Å². The van der Waals surface area contributed by atoms with Crippen LogP contribution in [0.1, 0.15) is 32.0 Å². The predicted octanol–water partition coefficient (Wildman–Crippen LogP) is 3.02. The summed E-state index contributed by atoms with van der Waals surface area (Å²) in [5.41, 5.74) is 2.08.